The minimum absolute atomic E-state index is 0.245. The lowest BCUT2D eigenvalue weighted by atomic mass is 10.0. The summed E-state index contributed by atoms with van der Waals surface area (Å²) >= 11 is 0. The zero-order chi connectivity index (χ0) is 20.9. The number of rotatable bonds is 8. The fourth-order valence-corrected chi connectivity index (χ4v) is 3.55. The van der Waals surface area contributed by atoms with Gasteiger partial charge in [-0.05, 0) is 53.8 Å². The van der Waals surface area contributed by atoms with Gasteiger partial charge in [0.2, 0.25) is 0 Å². The molecule has 152 valence electrons. The standard InChI is InChI=1S/C25H22O5/c1-2-28-23-9-5-6-10-24(23)29-16-25(27)30-15-22(26)19-12-11-18-13-17-7-3-4-8-20(17)21(18)14-19/h3-12,14H,2,13,15-16H2,1H3. The summed E-state index contributed by atoms with van der Waals surface area (Å²) in [6.45, 7) is 1.74. The Morgan fingerprint density at radius 1 is 0.800 bits per heavy atom. The molecule has 0 N–H and O–H groups in total. The summed E-state index contributed by atoms with van der Waals surface area (Å²) in [6.07, 6.45) is 0.871. The fourth-order valence-electron chi connectivity index (χ4n) is 3.55. The highest BCUT2D eigenvalue weighted by molar-refractivity contribution is 5.99. The first-order chi connectivity index (χ1) is 14.7. The first-order valence-corrected chi connectivity index (χ1v) is 9.90. The Kier molecular flexibility index (Phi) is 5.80. The van der Waals surface area contributed by atoms with E-state index in [1.54, 1.807) is 24.3 Å². The van der Waals surface area contributed by atoms with Crippen LogP contribution >= 0.6 is 0 Å². The van der Waals surface area contributed by atoms with Gasteiger partial charge in [-0.25, -0.2) is 4.79 Å². The molecule has 0 amide bonds. The molecule has 0 saturated carbocycles. The van der Waals surface area contributed by atoms with Crippen molar-refractivity contribution >= 4 is 11.8 Å². The SMILES string of the molecule is CCOc1ccccc1OCC(=O)OCC(=O)c1ccc2c(c1)-c1ccccc1C2. The third-order valence-corrected chi connectivity index (χ3v) is 4.98. The lowest BCUT2D eigenvalue weighted by Crippen LogP contribution is -2.19. The molecule has 0 heterocycles. The molecule has 0 radical (unpaired) electrons. The Labute approximate surface area is 175 Å². The summed E-state index contributed by atoms with van der Waals surface area (Å²) in [7, 11) is 0. The molecule has 0 aromatic heterocycles. The van der Waals surface area contributed by atoms with Crippen LogP contribution < -0.4 is 9.47 Å². The molecule has 0 aliphatic heterocycles. The van der Waals surface area contributed by atoms with Crippen molar-refractivity contribution in [3.63, 3.8) is 0 Å². The molecule has 5 nitrogen and oxygen atoms in total. The molecule has 0 bridgehead atoms. The van der Waals surface area contributed by atoms with Gasteiger partial charge in [-0.2, -0.15) is 0 Å². The fraction of sp³-hybridized carbons (Fsp3) is 0.200. The normalized spacial score (nSPS) is 11.4. The van der Waals surface area contributed by atoms with E-state index in [0.29, 0.717) is 23.7 Å². The van der Waals surface area contributed by atoms with Gasteiger partial charge in [-0.15, -0.1) is 0 Å². The molecule has 0 atom stereocenters. The molecule has 4 rings (SSSR count). The van der Waals surface area contributed by atoms with Crippen molar-refractivity contribution in [3.05, 3.63) is 83.4 Å². The second kappa shape index (κ2) is 8.82. The number of ether oxygens (including phenoxy) is 3. The molecule has 1 aliphatic carbocycles. The van der Waals surface area contributed by atoms with Gasteiger partial charge in [0.1, 0.15) is 0 Å². The number of carbonyl (C=O) groups excluding carboxylic acids is 2. The second-order valence-corrected chi connectivity index (χ2v) is 6.96. The maximum Gasteiger partial charge on any atom is 0.344 e. The Morgan fingerprint density at radius 2 is 1.50 bits per heavy atom. The van der Waals surface area contributed by atoms with Gasteiger partial charge in [-0.3, -0.25) is 4.79 Å². The zero-order valence-electron chi connectivity index (χ0n) is 16.7. The van der Waals surface area contributed by atoms with Crippen LogP contribution in [0.4, 0.5) is 0 Å². The number of fused-ring (bicyclic) bond motifs is 3. The lowest BCUT2D eigenvalue weighted by Gasteiger charge is -2.11. The summed E-state index contributed by atoms with van der Waals surface area (Å²) < 4.78 is 16.0. The van der Waals surface area contributed by atoms with E-state index in [2.05, 4.69) is 12.1 Å². The maximum atomic E-state index is 12.5. The average molecular weight is 402 g/mol. The Hall–Kier alpha value is -3.60. The van der Waals surface area contributed by atoms with Crippen molar-refractivity contribution in [2.24, 2.45) is 0 Å². The number of Topliss-reactive ketones (excluding diaryl/α,β-unsaturated/α-hetero) is 1. The number of ketones is 1. The molecule has 5 heteroatoms. The molecule has 3 aromatic carbocycles. The van der Waals surface area contributed by atoms with E-state index in [0.717, 1.165) is 17.5 Å². The number of para-hydroxylation sites is 2. The number of esters is 1. The molecular formula is C25H22O5. The van der Waals surface area contributed by atoms with Gasteiger partial charge in [0.05, 0.1) is 6.61 Å². The summed E-state index contributed by atoms with van der Waals surface area (Å²) in [5.74, 6) is 0.161. The smallest absolute Gasteiger partial charge is 0.344 e. The largest absolute Gasteiger partial charge is 0.490 e. The second-order valence-electron chi connectivity index (χ2n) is 6.96. The van der Waals surface area contributed by atoms with Crippen molar-refractivity contribution in [2.45, 2.75) is 13.3 Å². The van der Waals surface area contributed by atoms with Crippen LogP contribution in [-0.4, -0.2) is 31.6 Å². The number of carbonyl (C=O) groups is 2. The van der Waals surface area contributed by atoms with E-state index >= 15 is 0 Å². The molecule has 0 unspecified atom stereocenters. The predicted octanol–water partition coefficient (Wildman–Crippen LogP) is 4.46. The van der Waals surface area contributed by atoms with Crippen molar-refractivity contribution < 1.29 is 23.8 Å². The topological polar surface area (TPSA) is 61.8 Å². The molecular weight excluding hydrogens is 380 g/mol. The minimum Gasteiger partial charge on any atom is -0.490 e. The quantitative estimate of drug-likeness (QED) is 0.322. The van der Waals surface area contributed by atoms with E-state index in [-0.39, 0.29) is 19.0 Å². The van der Waals surface area contributed by atoms with E-state index in [1.807, 2.05) is 37.3 Å². The molecule has 0 saturated heterocycles. The lowest BCUT2D eigenvalue weighted by molar-refractivity contribution is -0.144. The third kappa shape index (κ3) is 4.20. The molecule has 30 heavy (non-hydrogen) atoms. The van der Waals surface area contributed by atoms with Crippen LogP contribution in [0.3, 0.4) is 0 Å². The van der Waals surface area contributed by atoms with Crippen molar-refractivity contribution in [1.82, 2.24) is 0 Å². The number of hydrogen-bond acceptors (Lipinski definition) is 5. The summed E-state index contributed by atoms with van der Waals surface area (Å²) in [5, 5.41) is 0. The van der Waals surface area contributed by atoms with Crippen LogP contribution in [0.1, 0.15) is 28.4 Å². The van der Waals surface area contributed by atoms with Crippen LogP contribution in [0.2, 0.25) is 0 Å². The Balaban J connectivity index is 1.34. The van der Waals surface area contributed by atoms with Gasteiger partial charge in [0.15, 0.2) is 30.5 Å². The van der Waals surface area contributed by atoms with Gasteiger partial charge < -0.3 is 14.2 Å². The monoisotopic (exact) mass is 402 g/mol. The maximum absolute atomic E-state index is 12.5. The third-order valence-electron chi connectivity index (χ3n) is 4.98. The van der Waals surface area contributed by atoms with Gasteiger partial charge in [0, 0.05) is 5.56 Å². The summed E-state index contributed by atoms with van der Waals surface area (Å²) in [6, 6.07) is 20.9. The van der Waals surface area contributed by atoms with Crippen molar-refractivity contribution in [1.29, 1.82) is 0 Å². The number of benzene rings is 3. The first kappa shape index (κ1) is 19.7. The van der Waals surface area contributed by atoms with Crippen molar-refractivity contribution in [3.8, 4) is 22.6 Å². The van der Waals surface area contributed by atoms with Crippen LogP contribution in [0.15, 0.2) is 66.7 Å². The van der Waals surface area contributed by atoms with Crippen LogP contribution in [0.25, 0.3) is 11.1 Å². The van der Waals surface area contributed by atoms with Gasteiger partial charge >= 0.3 is 5.97 Å². The average Bonchev–Trinajstić information content (AvgIpc) is 3.15. The molecule has 0 spiro atoms. The molecule has 0 fully saturated rings. The van der Waals surface area contributed by atoms with E-state index in [1.165, 1.54) is 11.1 Å². The summed E-state index contributed by atoms with van der Waals surface area (Å²) in [4.78, 5) is 24.6. The Morgan fingerprint density at radius 3 is 2.30 bits per heavy atom. The van der Waals surface area contributed by atoms with Gasteiger partial charge in [0.25, 0.3) is 0 Å². The van der Waals surface area contributed by atoms with Crippen LogP contribution in [-0.2, 0) is 16.0 Å². The zero-order valence-corrected chi connectivity index (χ0v) is 16.7. The molecule has 1 aliphatic rings. The highest BCUT2D eigenvalue weighted by Gasteiger charge is 2.20. The number of hydrogen-bond donors (Lipinski definition) is 0. The van der Waals surface area contributed by atoms with Crippen LogP contribution in [0, 0.1) is 0 Å². The van der Waals surface area contributed by atoms with E-state index in [9.17, 15) is 9.59 Å². The predicted molar refractivity (Wildman–Crippen MR) is 113 cm³/mol. The van der Waals surface area contributed by atoms with E-state index in [4.69, 9.17) is 14.2 Å². The Bertz CT molecular complexity index is 1090. The van der Waals surface area contributed by atoms with E-state index < -0.39 is 5.97 Å². The first-order valence-electron chi connectivity index (χ1n) is 9.90. The molecule has 3 aromatic rings. The highest BCUT2D eigenvalue weighted by atomic mass is 16.6. The highest BCUT2D eigenvalue weighted by Crippen LogP contribution is 2.36. The summed E-state index contributed by atoms with van der Waals surface area (Å²) in [5.41, 5.74) is 5.21. The minimum atomic E-state index is -0.610. The van der Waals surface area contributed by atoms with Gasteiger partial charge in [-0.1, -0.05) is 48.5 Å². The van der Waals surface area contributed by atoms with Crippen molar-refractivity contribution in [2.75, 3.05) is 19.8 Å². The van der Waals surface area contributed by atoms with Crippen LogP contribution in [0.5, 0.6) is 11.5 Å².